The van der Waals surface area contributed by atoms with E-state index in [0.29, 0.717) is 6.04 Å². The van der Waals surface area contributed by atoms with Gasteiger partial charge in [-0.05, 0) is 25.8 Å². The number of nitrogens with zero attached hydrogens (tertiary/aromatic N) is 1. The van der Waals surface area contributed by atoms with E-state index in [0.717, 1.165) is 12.5 Å². The Morgan fingerprint density at radius 3 is 2.29 bits per heavy atom. The molecule has 0 heterocycles. The van der Waals surface area contributed by atoms with E-state index in [1.807, 2.05) is 0 Å². The first-order valence-corrected chi connectivity index (χ1v) is 7.55. The fourth-order valence-corrected chi connectivity index (χ4v) is 2.17. The van der Waals surface area contributed by atoms with Crippen molar-refractivity contribution >= 4 is 0 Å². The maximum Gasteiger partial charge on any atom is 0.0107 e. The fourth-order valence-electron chi connectivity index (χ4n) is 2.17. The number of nitrogens with one attached hydrogen (secondary N) is 1. The molecule has 1 N–H and O–H groups in total. The van der Waals surface area contributed by atoms with Crippen molar-refractivity contribution in [2.45, 2.75) is 66.3 Å². The molecule has 0 aromatic heterocycles. The molecule has 0 bridgehead atoms. The van der Waals surface area contributed by atoms with Crippen LogP contribution in [0.25, 0.3) is 0 Å². The van der Waals surface area contributed by atoms with Crippen LogP contribution in [0.2, 0.25) is 0 Å². The van der Waals surface area contributed by atoms with Gasteiger partial charge in [-0.2, -0.15) is 0 Å². The first-order valence-electron chi connectivity index (χ1n) is 7.55. The summed E-state index contributed by atoms with van der Waals surface area (Å²) in [4.78, 5) is 2.54. The first-order chi connectivity index (χ1) is 8.10. The minimum absolute atomic E-state index is 0.680. The monoisotopic (exact) mass is 242 g/mol. The van der Waals surface area contributed by atoms with Gasteiger partial charge in [-0.25, -0.2) is 0 Å². The lowest BCUT2D eigenvalue weighted by molar-refractivity contribution is 0.252. The molecule has 0 saturated carbocycles. The summed E-state index contributed by atoms with van der Waals surface area (Å²) in [5.41, 5.74) is 0. The molecule has 0 radical (unpaired) electrons. The Morgan fingerprint density at radius 2 is 1.76 bits per heavy atom. The van der Waals surface area contributed by atoms with Crippen LogP contribution in [0.4, 0.5) is 0 Å². The van der Waals surface area contributed by atoms with Gasteiger partial charge in [-0.1, -0.05) is 47.0 Å². The van der Waals surface area contributed by atoms with Crippen molar-refractivity contribution < 1.29 is 0 Å². The molecule has 0 aromatic rings. The molecule has 1 unspecified atom stereocenters. The minimum Gasteiger partial charge on any atom is -0.313 e. The van der Waals surface area contributed by atoms with Crippen LogP contribution >= 0.6 is 0 Å². The topological polar surface area (TPSA) is 15.3 Å². The molecule has 0 aliphatic heterocycles. The van der Waals surface area contributed by atoms with Gasteiger partial charge in [0.15, 0.2) is 0 Å². The van der Waals surface area contributed by atoms with Gasteiger partial charge >= 0.3 is 0 Å². The van der Waals surface area contributed by atoms with Gasteiger partial charge in [0.1, 0.15) is 0 Å². The van der Waals surface area contributed by atoms with Gasteiger partial charge < -0.3 is 10.2 Å². The summed E-state index contributed by atoms with van der Waals surface area (Å²) >= 11 is 0. The van der Waals surface area contributed by atoms with Crippen LogP contribution in [0.1, 0.15) is 60.3 Å². The molecule has 1 atom stereocenters. The molecule has 0 rings (SSSR count). The van der Waals surface area contributed by atoms with Gasteiger partial charge in [0.2, 0.25) is 0 Å². The van der Waals surface area contributed by atoms with Crippen molar-refractivity contribution in [1.29, 1.82) is 0 Å². The van der Waals surface area contributed by atoms with Crippen molar-refractivity contribution in [2.24, 2.45) is 5.92 Å². The van der Waals surface area contributed by atoms with Gasteiger partial charge in [-0.3, -0.25) is 0 Å². The van der Waals surface area contributed by atoms with Crippen LogP contribution < -0.4 is 5.32 Å². The van der Waals surface area contributed by atoms with E-state index in [2.05, 4.69) is 44.8 Å². The Labute approximate surface area is 109 Å². The second-order valence-electron chi connectivity index (χ2n) is 5.64. The van der Waals surface area contributed by atoms with Crippen LogP contribution in [0.15, 0.2) is 0 Å². The zero-order valence-electron chi connectivity index (χ0n) is 12.8. The molecule has 0 aromatic carbocycles. The zero-order valence-corrected chi connectivity index (χ0v) is 12.8. The van der Waals surface area contributed by atoms with Crippen LogP contribution in [0, 0.1) is 5.92 Å². The molecule has 17 heavy (non-hydrogen) atoms. The molecular weight excluding hydrogens is 208 g/mol. The molecule has 0 fully saturated rings. The molecule has 2 heteroatoms. The van der Waals surface area contributed by atoms with E-state index in [-0.39, 0.29) is 0 Å². The van der Waals surface area contributed by atoms with E-state index < -0.39 is 0 Å². The predicted octanol–water partition coefficient (Wildman–Crippen LogP) is 3.52. The van der Waals surface area contributed by atoms with Crippen molar-refractivity contribution in [3.63, 3.8) is 0 Å². The van der Waals surface area contributed by atoms with Crippen molar-refractivity contribution in [2.75, 3.05) is 26.2 Å². The average Bonchev–Trinajstić information content (AvgIpc) is 2.27. The maximum atomic E-state index is 3.64. The summed E-state index contributed by atoms with van der Waals surface area (Å²) in [7, 11) is 0. The number of hydrogen-bond acceptors (Lipinski definition) is 2. The summed E-state index contributed by atoms with van der Waals surface area (Å²) in [5.74, 6) is 0.775. The molecule has 2 nitrogen and oxygen atoms in total. The first kappa shape index (κ1) is 16.9. The Bertz CT molecular complexity index is 157. The summed E-state index contributed by atoms with van der Waals surface area (Å²) < 4.78 is 0. The Hall–Kier alpha value is -0.0800. The van der Waals surface area contributed by atoms with Gasteiger partial charge in [-0.15, -0.1) is 0 Å². The third-order valence-corrected chi connectivity index (χ3v) is 3.23. The van der Waals surface area contributed by atoms with E-state index in [1.165, 1.54) is 45.3 Å². The Balaban J connectivity index is 3.52. The number of likely N-dealkylation sites (N-methyl/N-ethyl adjacent to an activating group) is 1. The number of rotatable bonds is 11. The summed E-state index contributed by atoms with van der Waals surface area (Å²) in [5, 5.41) is 3.64. The molecule has 0 aliphatic carbocycles. The predicted molar refractivity (Wildman–Crippen MR) is 78.6 cm³/mol. The summed E-state index contributed by atoms with van der Waals surface area (Å²) in [6.07, 6.45) is 5.39. The molecule has 104 valence electrons. The van der Waals surface area contributed by atoms with E-state index >= 15 is 0 Å². The highest BCUT2D eigenvalue weighted by atomic mass is 15.1. The lowest BCUT2D eigenvalue weighted by Gasteiger charge is -2.23. The minimum atomic E-state index is 0.680. The lowest BCUT2D eigenvalue weighted by atomic mass is 10.1. The van der Waals surface area contributed by atoms with Crippen LogP contribution in [0.5, 0.6) is 0 Å². The number of hydrogen-bond donors (Lipinski definition) is 1. The third kappa shape index (κ3) is 10.8. The van der Waals surface area contributed by atoms with Gasteiger partial charge in [0.25, 0.3) is 0 Å². The van der Waals surface area contributed by atoms with Gasteiger partial charge in [0, 0.05) is 25.7 Å². The summed E-state index contributed by atoms with van der Waals surface area (Å²) in [6, 6.07) is 0.680. The van der Waals surface area contributed by atoms with Crippen LogP contribution in [0.3, 0.4) is 0 Å². The molecule has 0 amide bonds. The highest BCUT2D eigenvalue weighted by Crippen LogP contribution is 2.03. The summed E-state index contributed by atoms with van der Waals surface area (Å²) in [6.45, 7) is 16.1. The highest BCUT2D eigenvalue weighted by Gasteiger charge is 2.05. The number of unbranched alkanes of at least 4 members (excludes halogenated alkanes) is 2. The SMILES string of the molecule is CCCCCC(C)NCCN(CC)CC(C)C. The molecular formula is C15H34N2. The molecule has 0 saturated heterocycles. The highest BCUT2D eigenvalue weighted by molar-refractivity contribution is 4.64. The van der Waals surface area contributed by atoms with Gasteiger partial charge in [0.05, 0.1) is 0 Å². The quantitative estimate of drug-likeness (QED) is 0.558. The largest absolute Gasteiger partial charge is 0.313 e. The smallest absolute Gasteiger partial charge is 0.0107 e. The van der Waals surface area contributed by atoms with Crippen LogP contribution in [-0.4, -0.2) is 37.1 Å². The van der Waals surface area contributed by atoms with Crippen LogP contribution in [-0.2, 0) is 0 Å². The molecule has 0 aliphatic rings. The van der Waals surface area contributed by atoms with E-state index in [1.54, 1.807) is 0 Å². The third-order valence-electron chi connectivity index (χ3n) is 3.23. The Morgan fingerprint density at radius 1 is 1.06 bits per heavy atom. The van der Waals surface area contributed by atoms with E-state index in [9.17, 15) is 0 Å². The maximum absolute atomic E-state index is 3.64. The zero-order chi connectivity index (χ0) is 13.1. The standard InChI is InChI=1S/C15H34N2/c1-6-8-9-10-15(5)16-11-12-17(7-2)13-14(3)4/h14-16H,6-13H2,1-5H3. The normalized spacial score (nSPS) is 13.6. The second-order valence-corrected chi connectivity index (χ2v) is 5.64. The fraction of sp³-hybridized carbons (Fsp3) is 1.00. The van der Waals surface area contributed by atoms with Crippen molar-refractivity contribution in [3.8, 4) is 0 Å². The van der Waals surface area contributed by atoms with E-state index in [4.69, 9.17) is 0 Å². The van der Waals surface area contributed by atoms with Crippen molar-refractivity contribution in [3.05, 3.63) is 0 Å². The molecule has 0 spiro atoms. The average molecular weight is 242 g/mol. The lowest BCUT2D eigenvalue weighted by Crippen LogP contribution is -2.37. The second kappa shape index (κ2) is 11.0. The van der Waals surface area contributed by atoms with Crippen molar-refractivity contribution in [1.82, 2.24) is 10.2 Å². The Kier molecular flexibility index (Phi) is 11.0.